The van der Waals surface area contributed by atoms with Crippen molar-refractivity contribution in [2.24, 2.45) is 0 Å². The number of nitrogen functional groups attached to an aromatic ring is 1. The molecule has 0 spiro atoms. The van der Waals surface area contributed by atoms with E-state index in [1.165, 1.54) is 18.6 Å². The molecule has 4 N–H and O–H groups in total. The number of halogens is 1. The molecular formula is C20H21FN8O. The van der Waals surface area contributed by atoms with Gasteiger partial charge in [-0.3, -0.25) is 20.6 Å². The van der Waals surface area contributed by atoms with E-state index >= 15 is 0 Å². The van der Waals surface area contributed by atoms with Crippen LogP contribution in [0.3, 0.4) is 0 Å². The van der Waals surface area contributed by atoms with Gasteiger partial charge in [-0.25, -0.2) is 14.4 Å². The van der Waals surface area contributed by atoms with Gasteiger partial charge < -0.3 is 15.5 Å². The van der Waals surface area contributed by atoms with E-state index in [1.54, 1.807) is 30.5 Å². The summed E-state index contributed by atoms with van der Waals surface area (Å²) < 4.78 is 14.0. The topological polar surface area (TPSA) is 112 Å². The number of pyridine rings is 1. The lowest BCUT2D eigenvalue weighted by Crippen LogP contribution is -2.47. The number of rotatable bonds is 5. The van der Waals surface area contributed by atoms with Crippen LogP contribution in [-0.2, 0) is 0 Å². The summed E-state index contributed by atoms with van der Waals surface area (Å²) in [7, 11) is 0. The van der Waals surface area contributed by atoms with E-state index in [9.17, 15) is 9.18 Å². The summed E-state index contributed by atoms with van der Waals surface area (Å²) in [5, 5.41) is 0. The van der Waals surface area contributed by atoms with Crippen LogP contribution in [0.2, 0.25) is 0 Å². The minimum absolute atomic E-state index is 0.233. The summed E-state index contributed by atoms with van der Waals surface area (Å²) in [5.41, 5.74) is 12.9. The predicted octanol–water partition coefficient (Wildman–Crippen LogP) is 1.68. The van der Waals surface area contributed by atoms with Crippen LogP contribution >= 0.6 is 0 Å². The Bertz CT molecular complexity index is 1020. The third-order valence-electron chi connectivity index (χ3n) is 4.85. The van der Waals surface area contributed by atoms with Crippen LogP contribution in [0.5, 0.6) is 0 Å². The average molecular weight is 408 g/mol. The van der Waals surface area contributed by atoms with E-state index in [4.69, 9.17) is 5.73 Å². The number of anilines is 4. The quantitative estimate of drug-likeness (QED) is 0.547. The molecule has 30 heavy (non-hydrogen) atoms. The highest BCUT2D eigenvalue weighted by atomic mass is 19.1. The summed E-state index contributed by atoms with van der Waals surface area (Å²) in [6, 6.07) is 10.1. The van der Waals surface area contributed by atoms with Gasteiger partial charge in [0.15, 0.2) is 11.6 Å². The lowest BCUT2D eigenvalue weighted by Gasteiger charge is -2.37. The Hall–Kier alpha value is -3.95. The number of hydrogen-bond donors (Lipinski definition) is 3. The van der Waals surface area contributed by atoms with Crippen LogP contribution in [0.4, 0.5) is 27.4 Å². The molecule has 3 heterocycles. The van der Waals surface area contributed by atoms with Gasteiger partial charge in [-0.15, -0.1) is 0 Å². The van der Waals surface area contributed by atoms with Gasteiger partial charge in [0, 0.05) is 38.6 Å². The number of nitrogens with zero attached hydrogens (tertiary/aromatic N) is 5. The fourth-order valence-corrected chi connectivity index (χ4v) is 3.29. The molecule has 1 fully saturated rings. The number of para-hydroxylation sites is 1. The molecule has 154 valence electrons. The number of carbonyl (C=O) groups is 1. The first-order valence-electron chi connectivity index (χ1n) is 9.45. The Kier molecular flexibility index (Phi) is 5.55. The molecule has 1 aliphatic heterocycles. The molecule has 3 aromatic rings. The first kappa shape index (κ1) is 19.4. The molecule has 0 radical (unpaired) electrons. The fourth-order valence-electron chi connectivity index (χ4n) is 3.29. The smallest absolute Gasteiger partial charge is 0.271 e. The number of aromatic nitrogens is 3. The van der Waals surface area contributed by atoms with Crippen LogP contribution in [0.25, 0.3) is 0 Å². The van der Waals surface area contributed by atoms with E-state index in [0.717, 1.165) is 0 Å². The van der Waals surface area contributed by atoms with Crippen molar-refractivity contribution in [3.05, 3.63) is 66.5 Å². The van der Waals surface area contributed by atoms with Crippen molar-refractivity contribution in [2.75, 3.05) is 47.1 Å². The third kappa shape index (κ3) is 4.07. The summed E-state index contributed by atoms with van der Waals surface area (Å²) in [6.07, 6.45) is 4.43. The lowest BCUT2D eigenvalue weighted by molar-refractivity contribution is 0.0962. The molecule has 0 atom stereocenters. The molecule has 0 unspecified atom stereocenters. The standard InChI is InChI=1S/C20H21FN8O/c21-15-5-1-2-6-16(15)28-8-10-29(11-9-28)19-17(22)18(24-13-25-19)26-27-20(30)14-4-3-7-23-12-14/h1-7,12-13H,8-11,22H2,(H,27,30)(H,24,25,26). The average Bonchev–Trinajstić information content (AvgIpc) is 2.79. The molecule has 9 nitrogen and oxygen atoms in total. The number of hydrazine groups is 1. The van der Waals surface area contributed by atoms with Crippen LogP contribution in [-0.4, -0.2) is 47.0 Å². The molecular weight excluding hydrogens is 387 g/mol. The zero-order valence-electron chi connectivity index (χ0n) is 16.1. The van der Waals surface area contributed by atoms with Crippen LogP contribution in [0, 0.1) is 5.82 Å². The monoisotopic (exact) mass is 408 g/mol. The van der Waals surface area contributed by atoms with Gasteiger partial charge in [-0.05, 0) is 24.3 Å². The van der Waals surface area contributed by atoms with E-state index < -0.39 is 0 Å². The molecule has 4 rings (SSSR count). The molecule has 0 aliphatic carbocycles. The lowest BCUT2D eigenvalue weighted by atomic mass is 10.2. The summed E-state index contributed by atoms with van der Waals surface area (Å²) in [4.78, 5) is 28.5. The van der Waals surface area contributed by atoms with Gasteiger partial charge >= 0.3 is 0 Å². The van der Waals surface area contributed by atoms with Crippen molar-refractivity contribution in [3.63, 3.8) is 0 Å². The van der Waals surface area contributed by atoms with Gasteiger partial charge in [-0.2, -0.15) is 0 Å². The number of benzene rings is 1. The second kappa shape index (κ2) is 8.60. The molecule has 1 aliphatic rings. The number of amides is 1. The van der Waals surface area contributed by atoms with E-state index in [0.29, 0.717) is 54.8 Å². The molecule has 0 bridgehead atoms. The Morgan fingerprint density at radius 2 is 1.80 bits per heavy atom. The van der Waals surface area contributed by atoms with Crippen molar-refractivity contribution < 1.29 is 9.18 Å². The molecule has 1 amide bonds. The Morgan fingerprint density at radius 3 is 2.53 bits per heavy atom. The molecule has 10 heteroatoms. The summed E-state index contributed by atoms with van der Waals surface area (Å²) in [5.74, 6) is 0.273. The molecule has 0 saturated carbocycles. The summed E-state index contributed by atoms with van der Waals surface area (Å²) >= 11 is 0. The van der Waals surface area contributed by atoms with Crippen molar-refractivity contribution in [3.8, 4) is 0 Å². The highest BCUT2D eigenvalue weighted by Gasteiger charge is 2.23. The molecule has 1 saturated heterocycles. The van der Waals surface area contributed by atoms with E-state index in [2.05, 4.69) is 25.8 Å². The maximum Gasteiger partial charge on any atom is 0.271 e. The number of nitrogens with one attached hydrogen (secondary N) is 2. The van der Waals surface area contributed by atoms with Gasteiger partial charge in [0.25, 0.3) is 5.91 Å². The first-order valence-corrected chi connectivity index (χ1v) is 9.45. The van der Waals surface area contributed by atoms with Gasteiger partial charge in [0.05, 0.1) is 11.3 Å². The van der Waals surface area contributed by atoms with Gasteiger partial charge in [-0.1, -0.05) is 12.1 Å². The SMILES string of the molecule is Nc1c(NNC(=O)c2cccnc2)ncnc1N1CCN(c2ccccc2F)CC1. The highest BCUT2D eigenvalue weighted by molar-refractivity contribution is 5.94. The van der Waals surface area contributed by atoms with Gasteiger partial charge in [0.2, 0.25) is 0 Å². The Labute approximate surface area is 172 Å². The first-order chi connectivity index (χ1) is 14.6. The van der Waals surface area contributed by atoms with Crippen molar-refractivity contribution in [1.82, 2.24) is 20.4 Å². The van der Waals surface area contributed by atoms with E-state index in [1.807, 2.05) is 15.9 Å². The largest absolute Gasteiger partial charge is 0.393 e. The maximum atomic E-state index is 14.0. The van der Waals surface area contributed by atoms with Crippen molar-refractivity contribution >= 4 is 28.9 Å². The Morgan fingerprint density at radius 1 is 1.03 bits per heavy atom. The number of carbonyl (C=O) groups excluding carboxylic acids is 1. The number of hydrogen-bond acceptors (Lipinski definition) is 8. The number of nitrogens with two attached hydrogens (primary N) is 1. The molecule has 2 aromatic heterocycles. The minimum atomic E-state index is -0.360. The maximum absolute atomic E-state index is 14.0. The predicted molar refractivity (Wildman–Crippen MR) is 113 cm³/mol. The third-order valence-corrected chi connectivity index (χ3v) is 4.85. The fraction of sp³-hybridized carbons (Fsp3) is 0.200. The second-order valence-electron chi connectivity index (χ2n) is 6.71. The Balaban J connectivity index is 1.41. The normalized spacial score (nSPS) is 13.8. The summed E-state index contributed by atoms with van der Waals surface area (Å²) in [6.45, 7) is 2.50. The zero-order valence-corrected chi connectivity index (χ0v) is 16.1. The minimum Gasteiger partial charge on any atom is -0.393 e. The highest BCUT2D eigenvalue weighted by Crippen LogP contribution is 2.28. The van der Waals surface area contributed by atoms with Gasteiger partial charge in [0.1, 0.15) is 17.8 Å². The van der Waals surface area contributed by atoms with Crippen molar-refractivity contribution in [2.45, 2.75) is 0 Å². The zero-order chi connectivity index (χ0) is 20.9. The van der Waals surface area contributed by atoms with Crippen LogP contribution < -0.4 is 26.4 Å². The van der Waals surface area contributed by atoms with Crippen LogP contribution in [0.15, 0.2) is 55.1 Å². The number of piperazine rings is 1. The van der Waals surface area contributed by atoms with Crippen molar-refractivity contribution in [1.29, 1.82) is 0 Å². The molecule has 1 aromatic carbocycles. The second-order valence-corrected chi connectivity index (χ2v) is 6.71. The van der Waals surface area contributed by atoms with Crippen LogP contribution in [0.1, 0.15) is 10.4 Å². The van der Waals surface area contributed by atoms with E-state index in [-0.39, 0.29) is 11.7 Å².